The maximum Gasteiger partial charge on any atom is 0.426 e. The van der Waals surface area contributed by atoms with Crippen molar-refractivity contribution in [3.05, 3.63) is 0 Å². The molecule has 4 nitrogen and oxygen atoms in total. The third-order valence-electron chi connectivity index (χ3n) is 4.11. The highest BCUT2D eigenvalue weighted by Crippen LogP contribution is 2.67. The van der Waals surface area contributed by atoms with Crippen molar-refractivity contribution in [1.82, 2.24) is 0 Å². The first-order valence-corrected chi connectivity index (χ1v) is 6.20. The molecule has 0 bridgehead atoms. The number of halogens is 12. The zero-order valence-corrected chi connectivity index (χ0v) is 11.7. The molecule has 2 N–H and O–H groups in total. The first-order valence-electron chi connectivity index (χ1n) is 6.20. The van der Waals surface area contributed by atoms with Crippen LogP contribution in [0.5, 0.6) is 0 Å². The zero-order chi connectivity index (χ0) is 20.8. The monoisotopic (exact) mass is 418 g/mol. The van der Waals surface area contributed by atoms with Crippen molar-refractivity contribution < 1.29 is 72.4 Å². The van der Waals surface area contributed by atoms with Crippen LogP contribution >= 0.6 is 0 Å². The minimum Gasteiger partial charge on any atom is -0.361 e. The van der Waals surface area contributed by atoms with E-state index in [2.05, 4.69) is 9.47 Å². The molecule has 0 aromatic carbocycles. The Bertz CT molecular complexity index is 489. The Morgan fingerprint density at radius 2 is 0.692 bits per heavy atom. The Labute approximate surface area is 134 Å². The number of hydrogen-bond donors (Lipinski definition) is 2. The third kappa shape index (κ3) is 2.41. The molecule has 0 saturated carbocycles. The van der Waals surface area contributed by atoms with Crippen molar-refractivity contribution in [2.24, 2.45) is 0 Å². The normalized spacial score (nSPS) is 34.8. The SMILES string of the molecule is OC12CC(C(F)(F)F)(C(F)(F)F)OC1(O)CC(C(F)(F)F)(C(F)(F)F)O2. The average molecular weight is 418 g/mol. The van der Waals surface area contributed by atoms with E-state index < -0.39 is 60.3 Å². The molecule has 2 unspecified atom stereocenters. The molecule has 0 spiro atoms. The lowest BCUT2D eigenvalue weighted by Crippen LogP contribution is -2.62. The topological polar surface area (TPSA) is 58.9 Å². The molecule has 2 rings (SSSR count). The van der Waals surface area contributed by atoms with Gasteiger partial charge in [0, 0.05) is 0 Å². The molecule has 0 amide bonds. The molecule has 0 aliphatic carbocycles. The van der Waals surface area contributed by atoms with Crippen LogP contribution in [0.1, 0.15) is 12.8 Å². The minimum absolute atomic E-state index is 3.00. The van der Waals surface area contributed by atoms with Gasteiger partial charge in [-0.15, -0.1) is 0 Å². The van der Waals surface area contributed by atoms with Gasteiger partial charge in [-0.25, -0.2) is 0 Å². The molecule has 2 saturated heterocycles. The standard InChI is InChI=1S/C10H6F12O4/c11-7(12,13)3(8(14,15)16)1-5(23)6(24,25-3)2-4(26-5,9(17,18)19)10(20,21)22/h23-24H,1-2H2. The molecular weight excluding hydrogens is 412 g/mol. The number of alkyl halides is 12. The second-order valence-corrected chi connectivity index (χ2v) is 5.77. The molecule has 2 fully saturated rings. The van der Waals surface area contributed by atoms with E-state index >= 15 is 0 Å². The fourth-order valence-electron chi connectivity index (χ4n) is 2.79. The number of rotatable bonds is 0. The van der Waals surface area contributed by atoms with E-state index in [1.165, 1.54) is 0 Å². The van der Waals surface area contributed by atoms with Crippen LogP contribution in [0, 0.1) is 0 Å². The molecule has 2 heterocycles. The summed E-state index contributed by atoms with van der Waals surface area (Å²) in [7, 11) is 0. The summed E-state index contributed by atoms with van der Waals surface area (Å²) in [6.07, 6.45) is -31.9. The van der Waals surface area contributed by atoms with Gasteiger partial charge in [-0.3, -0.25) is 0 Å². The van der Waals surface area contributed by atoms with Gasteiger partial charge in [0.2, 0.25) is 11.6 Å². The van der Waals surface area contributed by atoms with Gasteiger partial charge in [-0.1, -0.05) is 0 Å². The molecule has 0 radical (unpaired) electrons. The summed E-state index contributed by atoms with van der Waals surface area (Å²) in [5, 5.41) is 19.2. The molecule has 2 aliphatic rings. The highest BCUT2D eigenvalue weighted by atomic mass is 19.4. The summed E-state index contributed by atoms with van der Waals surface area (Å²) >= 11 is 0. The van der Waals surface area contributed by atoms with Gasteiger partial charge in [-0.2, -0.15) is 52.7 Å². The molecule has 2 aliphatic heterocycles. The zero-order valence-electron chi connectivity index (χ0n) is 11.7. The van der Waals surface area contributed by atoms with Crippen LogP contribution < -0.4 is 0 Å². The van der Waals surface area contributed by atoms with Crippen LogP contribution in [-0.2, 0) is 9.47 Å². The van der Waals surface area contributed by atoms with E-state index in [4.69, 9.17) is 0 Å². The van der Waals surface area contributed by atoms with Crippen LogP contribution in [0.2, 0.25) is 0 Å². The summed E-state index contributed by atoms with van der Waals surface area (Å²) in [5.74, 6) is -9.22. The van der Waals surface area contributed by atoms with E-state index in [1.54, 1.807) is 0 Å². The van der Waals surface area contributed by atoms with E-state index in [1.807, 2.05) is 0 Å². The lowest BCUT2D eigenvalue weighted by Gasteiger charge is -2.38. The Balaban J connectivity index is 2.62. The van der Waals surface area contributed by atoms with Gasteiger partial charge in [0.05, 0.1) is 12.8 Å². The van der Waals surface area contributed by atoms with E-state index in [0.717, 1.165) is 0 Å². The predicted molar refractivity (Wildman–Crippen MR) is 51.0 cm³/mol. The number of aliphatic hydroxyl groups is 2. The molecule has 2 atom stereocenters. The van der Waals surface area contributed by atoms with Gasteiger partial charge in [0.25, 0.3) is 11.2 Å². The largest absolute Gasteiger partial charge is 0.426 e. The Hall–Kier alpha value is -1.00. The second-order valence-electron chi connectivity index (χ2n) is 5.77. The number of fused-ring (bicyclic) bond motifs is 1. The van der Waals surface area contributed by atoms with Crippen LogP contribution in [0.15, 0.2) is 0 Å². The Kier molecular flexibility index (Phi) is 4.00. The van der Waals surface area contributed by atoms with Gasteiger partial charge in [-0.05, 0) is 0 Å². The summed E-state index contributed by atoms with van der Waals surface area (Å²) in [6, 6.07) is 0. The summed E-state index contributed by atoms with van der Waals surface area (Å²) in [5.41, 5.74) is -10.9. The van der Waals surface area contributed by atoms with Crippen LogP contribution in [-0.4, -0.2) is 57.7 Å². The van der Waals surface area contributed by atoms with Crippen molar-refractivity contribution in [3.8, 4) is 0 Å². The molecule has 0 aromatic heterocycles. The highest BCUT2D eigenvalue weighted by molar-refractivity contribution is 5.19. The van der Waals surface area contributed by atoms with Gasteiger partial charge in [0.1, 0.15) is 0 Å². The van der Waals surface area contributed by atoms with Gasteiger partial charge in [0.15, 0.2) is 0 Å². The van der Waals surface area contributed by atoms with E-state index in [0.29, 0.717) is 0 Å². The lowest BCUT2D eigenvalue weighted by molar-refractivity contribution is -0.413. The summed E-state index contributed by atoms with van der Waals surface area (Å²) in [6.45, 7) is 0. The molecule has 16 heteroatoms. The van der Waals surface area contributed by atoms with Crippen LogP contribution in [0.3, 0.4) is 0 Å². The van der Waals surface area contributed by atoms with Crippen molar-refractivity contribution >= 4 is 0 Å². The van der Waals surface area contributed by atoms with Crippen molar-refractivity contribution in [1.29, 1.82) is 0 Å². The molecule has 154 valence electrons. The quantitative estimate of drug-likeness (QED) is 0.595. The fourth-order valence-corrected chi connectivity index (χ4v) is 2.79. The minimum atomic E-state index is -6.47. The maximum absolute atomic E-state index is 12.9. The Morgan fingerprint density at radius 3 is 0.846 bits per heavy atom. The van der Waals surface area contributed by atoms with Crippen molar-refractivity contribution in [2.75, 3.05) is 0 Å². The highest BCUT2D eigenvalue weighted by Gasteiger charge is 2.91. The smallest absolute Gasteiger partial charge is 0.361 e. The first kappa shape index (κ1) is 21.3. The van der Waals surface area contributed by atoms with Gasteiger partial charge >= 0.3 is 24.7 Å². The average Bonchev–Trinajstić information content (AvgIpc) is 2.66. The number of ether oxygens (including phenoxy) is 2. The molecule has 0 aromatic rings. The summed E-state index contributed by atoms with van der Waals surface area (Å²) in [4.78, 5) is 0. The number of hydrogen-bond acceptors (Lipinski definition) is 4. The molecular formula is C10H6F12O4. The van der Waals surface area contributed by atoms with Crippen molar-refractivity contribution in [3.63, 3.8) is 0 Å². The Morgan fingerprint density at radius 1 is 0.500 bits per heavy atom. The fraction of sp³-hybridized carbons (Fsp3) is 1.00. The predicted octanol–water partition coefficient (Wildman–Crippen LogP) is 2.93. The molecule has 26 heavy (non-hydrogen) atoms. The maximum atomic E-state index is 12.9. The van der Waals surface area contributed by atoms with Gasteiger partial charge < -0.3 is 19.7 Å². The van der Waals surface area contributed by atoms with Crippen LogP contribution in [0.4, 0.5) is 52.7 Å². The first-order chi connectivity index (χ1) is 11.1. The van der Waals surface area contributed by atoms with Crippen LogP contribution in [0.25, 0.3) is 0 Å². The third-order valence-corrected chi connectivity index (χ3v) is 4.11. The van der Waals surface area contributed by atoms with Crippen molar-refractivity contribution in [2.45, 2.75) is 60.3 Å². The van der Waals surface area contributed by atoms with E-state index in [9.17, 15) is 62.9 Å². The van der Waals surface area contributed by atoms with E-state index in [-0.39, 0.29) is 0 Å². The summed E-state index contributed by atoms with van der Waals surface area (Å²) < 4.78 is 161. The lowest BCUT2D eigenvalue weighted by atomic mass is 9.91. The second kappa shape index (κ2) is 4.88.